The Morgan fingerprint density at radius 1 is 0.780 bits per heavy atom. The quantitative estimate of drug-likeness (QED) is 0.0717. The molecule has 0 bridgehead atoms. The van der Waals surface area contributed by atoms with Gasteiger partial charge in [0.2, 0.25) is 11.8 Å². The van der Waals surface area contributed by atoms with E-state index in [9.17, 15) is 14.4 Å². The van der Waals surface area contributed by atoms with Gasteiger partial charge in [0.1, 0.15) is 0 Å². The van der Waals surface area contributed by atoms with E-state index < -0.39 is 0 Å². The maximum atomic E-state index is 12.0. The zero-order chi connectivity index (χ0) is 29.0. The summed E-state index contributed by atoms with van der Waals surface area (Å²) in [6, 6.07) is 0.446. The van der Waals surface area contributed by atoms with E-state index in [1.54, 1.807) is 0 Å². The lowest BCUT2D eigenvalue weighted by atomic mass is 10.0. The molecule has 0 aromatic heterocycles. The second kappa shape index (κ2) is 21.8. The predicted octanol–water partition coefficient (Wildman–Crippen LogP) is 3.49. The summed E-state index contributed by atoms with van der Waals surface area (Å²) in [5.41, 5.74) is 0. The minimum absolute atomic E-state index is 0.0505. The second-order valence-electron chi connectivity index (χ2n) is 10.7. The van der Waals surface area contributed by atoms with Crippen LogP contribution in [0.2, 0.25) is 0 Å². The first-order chi connectivity index (χ1) is 20.1. The van der Waals surface area contributed by atoms with Crippen molar-refractivity contribution in [2.75, 3.05) is 64.2 Å². The third-order valence-corrected chi connectivity index (χ3v) is 11.8. The van der Waals surface area contributed by atoms with Crippen LogP contribution in [-0.4, -0.2) is 105 Å². The van der Waals surface area contributed by atoms with Crippen molar-refractivity contribution in [2.24, 2.45) is 0 Å². The Morgan fingerprint density at radius 3 is 2.00 bits per heavy atom. The molecule has 236 valence electrons. The van der Waals surface area contributed by atoms with Crippen LogP contribution in [0.15, 0.2) is 0 Å². The molecule has 3 rings (SSSR count). The molecule has 4 N–H and O–H groups in total. The smallest absolute Gasteiger partial charge is 0.315 e. The zero-order valence-electron chi connectivity index (χ0n) is 24.3. The third kappa shape index (κ3) is 15.4. The normalized spacial score (nSPS) is 23.3. The van der Waals surface area contributed by atoms with Gasteiger partial charge in [0, 0.05) is 61.2 Å². The predicted molar refractivity (Wildman–Crippen MR) is 169 cm³/mol. The van der Waals surface area contributed by atoms with Crippen LogP contribution < -0.4 is 21.3 Å². The topological polar surface area (TPSA) is 127 Å². The number of urea groups is 1. The molecule has 0 radical (unpaired) electrons. The van der Waals surface area contributed by atoms with Crippen LogP contribution in [0.4, 0.5) is 4.79 Å². The minimum Gasteiger partial charge on any atom is -0.379 e. The summed E-state index contributed by atoms with van der Waals surface area (Å²) < 4.78 is 16.6. The van der Waals surface area contributed by atoms with Crippen molar-refractivity contribution in [1.82, 2.24) is 21.3 Å². The number of carbonyl (C=O) groups is 3. The Balaban J connectivity index is 0.972. The summed E-state index contributed by atoms with van der Waals surface area (Å²) in [6.45, 7) is 4.57. The summed E-state index contributed by atoms with van der Waals surface area (Å²) >= 11 is 1.91. The van der Waals surface area contributed by atoms with Crippen LogP contribution in [0.3, 0.4) is 0 Å². The standard InChI is InChI=1S/C28H50N4O6S3/c33-25(9-3-1-7-22-11-20-40-41-22)29-12-5-14-36-16-18-38-19-17-37-15-6-13-30-26(34)10-4-2-8-24-27-23(21-39-24)31-28(35)32-27/h22-24,27H,1-21H2,(H,29,33)(H,30,34)(H2,31,32,35)/t22?,23-,24-,27-/m0/s1. The van der Waals surface area contributed by atoms with Crippen molar-refractivity contribution in [1.29, 1.82) is 0 Å². The molecular weight excluding hydrogens is 585 g/mol. The van der Waals surface area contributed by atoms with Gasteiger partial charge >= 0.3 is 6.03 Å². The lowest BCUT2D eigenvalue weighted by molar-refractivity contribution is -0.122. The molecule has 3 saturated heterocycles. The van der Waals surface area contributed by atoms with Crippen molar-refractivity contribution in [3.05, 3.63) is 0 Å². The van der Waals surface area contributed by atoms with Crippen LogP contribution >= 0.6 is 33.3 Å². The van der Waals surface area contributed by atoms with Gasteiger partial charge in [-0.1, -0.05) is 34.4 Å². The van der Waals surface area contributed by atoms with Gasteiger partial charge < -0.3 is 35.5 Å². The summed E-state index contributed by atoms with van der Waals surface area (Å²) in [7, 11) is 3.98. The number of ether oxygens (including phenoxy) is 3. The molecule has 0 aromatic carbocycles. The first-order valence-corrected chi connectivity index (χ1v) is 18.8. The Kier molecular flexibility index (Phi) is 18.4. The van der Waals surface area contributed by atoms with E-state index in [0.717, 1.165) is 55.9 Å². The van der Waals surface area contributed by atoms with E-state index >= 15 is 0 Å². The molecule has 3 fully saturated rings. The number of thioether (sulfide) groups is 1. The summed E-state index contributed by atoms with van der Waals surface area (Å²) in [5, 5.41) is 13.1. The van der Waals surface area contributed by atoms with Crippen LogP contribution in [0.25, 0.3) is 0 Å². The number of hydrogen-bond donors (Lipinski definition) is 4. The SMILES string of the molecule is O=C(CCCCC1CCSS1)NCCCOCCOCCOCCCNC(=O)CCCC[C@@H]1SC[C@@H]2NC(=O)N[C@@H]21. The Bertz CT molecular complexity index is 762. The number of nitrogens with one attached hydrogen (secondary N) is 4. The molecule has 41 heavy (non-hydrogen) atoms. The number of amides is 4. The molecule has 0 spiro atoms. The van der Waals surface area contributed by atoms with Crippen molar-refractivity contribution >= 4 is 51.2 Å². The van der Waals surface area contributed by atoms with Crippen molar-refractivity contribution in [2.45, 2.75) is 93.2 Å². The molecule has 0 aromatic rings. The lowest BCUT2D eigenvalue weighted by Gasteiger charge is -2.16. The van der Waals surface area contributed by atoms with Crippen molar-refractivity contribution in [3.63, 3.8) is 0 Å². The fourth-order valence-electron chi connectivity index (χ4n) is 5.02. The summed E-state index contributed by atoms with van der Waals surface area (Å²) in [6.07, 6.45) is 10.3. The van der Waals surface area contributed by atoms with Crippen molar-refractivity contribution < 1.29 is 28.6 Å². The number of fused-ring (bicyclic) bond motifs is 1. The number of hydrogen-bond acceptors (Lipinski definition) is 9. The molecule has 3 aliphatic rings. The molecule has 0 saturated carbocycles. The maximum Gasteiger partial charge on any atom is 0.315 e. The van der Waals surface area contributed by atoms with E-state index in [4.69, 9.17) is 14.2 Å². The fraction of sp³-hybridized carbons (Fsp3) is 0.893. The third-order valence-electron chi connectivity index (χ3n) is 7.31. The average molecular weight is 635 g/mol. The second-order valence-corrected chi connectivity index (χ2v) is 14.7. The highest BCUT2D eigenvalue weighted by molar-refractivity contribution is 8.77. The molecule has 4 amide bonds. The number of carbonyl (C=O) groups excluding carboxylic acids is 3. The van der Waals surface area contributed by atoms with Gasteiger partial charge in [-0.3, -0.25) is 9.59 Å². The van der Waals surface area contributed by atoms with Crippen molar-refractivity contribution in [3.8, 4) is 0 Å². The Morgan fingerprint density at radius 2 is 1.39 bits per heavy atom. The van der Waals surface area contributed by atoms with Gasteiger partial charge in [-0.15, -0.1) is 0 Å². The van der Waals surface area contributed by atoms with Gasteiger partial charge in [0.15, 0.2) is 0 Å². The molecule has 3 heterocycles. The number of rotatable bonds is 24. The Labute approximate surface area is 257 Å². The van der Waals surface area contributed by atoms with E-state index in [1.807, 2.05) is 33.3 Å². The Hall–Kier alpha value is -0.860. The average Bonchev–Trinajstić information content (AvgIpc) is 3.70. The van der Waals surface area contributed by atoms with E-state index in [1.165, 1.54) is 18.6 Å². The van der Waals surface area contributed by atoms with Crippen LogP contribution in [0, 0.1) is 0 Å². The maximum absolute atomic E-state index is 12.0. The minimum atomic E-state index is -0.0505. The largest absolute Gasteiger partial charge is 0.379 e. The van der Waals surface area contributed by atoms with E-state index in [-0.39, 0.29) is 29.9 Å². The fourth-order valence-corrected chi connectivity index (χ4v) is 9.59. The van der Waals surface area contributed by atoms with Crippen LogP contribution in [0.1, 0.15) is 70.6 Å². The van der Waals surface area contributed by atoms with Gasteiger partial charge in [0.05, 0.1) is 38.5 Å². The van der Waals surface area contributed by atoms with Gasteiger partial charge in [0.25, 0.3) is 0 Å². The van der Waals surface area contributed by atoms with Gasteiger partial charge in [-0.25, -0.2) is 4.79 Å². The first kappa shape index (κ1) is 34.6. The lowest BCUT2D eigenvalue weighted by Crippen LogP contribution is -2.36. The van der Waals surface area contributed by atoms with Crippen LogP contribution in [0.5, 0.6) is 0 Å². The molecule has 4 atom stereocenters. The number of unbranched alkanes of at least 4 members (excludes halogenated alkanes) is 2. The highest BCUT2D eigenvalue weighted by Gasteiger charge is 2.42. The molecule has 3 aliphatic heterocycles. The highest BCUT2D eigenvalue weighted by atomic mass is 33.1. The monoisotopic (exact) mass is 634 g/mol. The van der Waals surface area contributed by atoms with E-state index in [0.29, 0.717) is 70.8 Å². The summed E-state index contributed by atoms with van der Waals surface area (Å²) in [5.74, 6) is 2.48. The van der Waals surface area contributed by atoms with Gasteiger partial charge in [-0.05, 0) is 44.9 Å². The molecule has 10 nitrogen and oxygen atoms in total. The molecule has 0 aliphatic carbocycles. The molecular formula is C28H50N4O6S3. The van der Waals surface area contributed by atoms with Gasteiger partial charge in [-0.2, -0.15) is 11.8 Å². The van der Waals surface area contributed by atoms with E-state index in [2.05, 4.69) is 21.3 Å². The van der Waals surface area contributed by atoms with Crippen LogP contribution in [-0.2, 0) is 23.8 Å². The first-order valence-electron chi connectivity index (χ1n) is 15.4. The molecule has 1 unspecified atom stereocenters. The highest BCUT2D eigenvalue weighted by Crippen LogP contribution is 2.39. The zero-order valence-corrected chi connectivity index (χ0v) is 26.8. The summed E-state index contributed by atoms with van der Waals surface area (Å²) in [4.78, 5) is 35.4. The molecule has 13 heteroatoms.